The van der Waals surface area contributed by atoms with Gasteiger partial charge >= 0.3 is 6.18 Å². The number of methoxy groups -OCH3 is 1. The van der Waals surface area contributed by atoms with Crippen molar-refractivity contribution in [2.24, 2.45) is 5.92 Å². The molecular formula is C30H39ClF3N3O4. The number of halogens is 4. The molecule has 1 fully saturated rings. The Morgan fingerprint density at radius 2 is 1.78 bits per heavy atom. The molecule has 0 unspecified atom stereocenters. The largest absolute Gasteiger partial charge is 0.497 e. The molecule has 11 heteroatoms. The van der Waals surface area contributed by atoms with Gasteiger partial charge in [-0.2, -0.15) is 13.2 Å². The molecule has 0 spiro atoms. The first kappa shape index (κ1) is 32.5. The molecule has 1 saturated heterocycles. The van der Waals surface area contributed by atoms with Crippen molar-refractivity contribution in [1.82, 2.24) is 9.80 Å². The molecule has 2 aromatic rings. The average molecular weight is 598 g/mol. The van der Waals surface area contributed by atoms with Crippen LogP contribution in [0.2, 0.25) is 5.02 Å². The molecule has 1 atom stereocenters. The number of piperidine rings is 1. The first-order valence-corrected chi connectivity index (χ1v) is 14.1. The zero-order chi connectivity index (χ0) is 30.5. The van der Waals surface area contributed by atoms with Gasteiger partial charge in [0.05, 0.1) is 17.7 Å². The number of aliphatic hydroxyl groups is 1. The summed E-state index contributed by atoms with van der Waals surface area (Å²) >= 11 is 6.46. The number of likely N-dealkylation sites (N-methyl/N-ethyl adjacent to an activating group) is 1. The Labute approximate surface area is 244 Å². The van der Waals surface area contributed by atoms with Crippen molar-refractivity contribution in [3.8, 4) is 5.75 Å². The molecule has 2 aromatic carbocycles. The van der Waals surface area contributed by atoms with E-state index in [2.05, 4.69) is 4.90 Å². The van der Waals surface area contributed by atoms with Crippen LogP contribution >= 0.6 is 11.6 Å². The number of anilines is 1. The number of alkyl halides is 3. The van der Waals surface area contributed by atoms with Crippen LogP contribution in [0.5, 0.6) is 5.75 Å². The summed E-state index contributed by atoms with van der Waals surface area (Å²) in [6.07, 6.45) is -2.21. The molecule has 3 rings (SSSR count). The number of benzene rings is 2. The maximum absolute atomic E-state index is 14.0. The van der Waals surface area contributed by atoms with E-state index in [0.717, 1.165) is 55.1 Å². The minimum Gasteiger partial charge on any atom is -0.497 e. The SMILES string of the molecule is COc1cccc([C@@](O)(C(=O)N(C)CCCC2CCN(c3ccc(C(=O)N(C)C(C)C)c(Cl)c3)CC2)C(F)(F)F)c1. The van der Waals surface area contributed by atoms with Gasteiger partial charge < -0.3 is 24.5 Å². The van der Waals surface area contributed by atoms with Gasteiger partial charge in [-0.05, 0) is 75.8 Å². The minimum atomic E-state index is -5.21. The Morgan fingerprint density at radius 3 is 2.34 bits per heavy atom. The van der Waals surface area contributed by atoms with Crippen LogP contribution in [0.15, 0.2) is 42.5 Å². The number of nitrogens with zero attached hydrogens (tertiary/aromatic N) is 3. The third-order valence-corrected chi connectivity index (χ3v) is 8.23. The zero-order valence-corrected chi connectivity index (χ0v) is 24.9. The monoisotopic (exact) mass is 597 g/mol. The molecule has 1 N–H and O–H groups in total. The number of ether oxygens (including phenoxy) is 1. The molecule has 0 saturated carbocycles. The Kier molecular flexibility index (Phi) is 10.6. The van der Waals surface area contributed by atoms with E-state index >= 15 is 0 Å². The molecule has 226 valence electrons. The van der Waals surface area contributed by atoms with E-state index in [9.17, 15) is 27.9 Å². The summed E-state index contributed by atoms with van der Waals surface area (Å²) in [5.74, 6) is -1.09. The molecule has 0 bridgehead atoms. The van der Waals surface area contributed by atoms with E-state index in [1.54, 1.807) is 18.0 Å². The van der Waals surface area contributed by atoms with Crippen molar-refractivity contribution in [3.63, 3.8) is 0 Å². The van der Waals surface area contributed by atoms with Crippen molar-refractivity contribution in [1.29, 1.82) is 0 Å². The highest BCUT2D eigenvalue weighted by atomic mass is 35.5. The van der Waals surface area contributed by atoms with Gasteiger partial charge in [-0.3, -0.25) is 9.59 Å². The smallest absolute Gasteiger partial charge is 0.430 e. The normalized spacial score (nSPS) is 15.9. The van der Waals surface area contributed by atoms with Crippen LogP contribution in [0.25, 0.3) is 0 Å². The topological polar surface area (TPSA) is 73.3 Å². The fourth-order valence-corrected chi connectivity index (χ4v) is 5.29. The molecule has 1 aliphatic heterocycles. The maximum atomic E-state index is 14.0. The lowest BCUT2D eigenvalue weighted by molar-refractivity contribution is -0.261. The molecule has 1 aliphatic rings. The van der Waals surface area contributed by atoms with Crippen molar-refractivity contribution < 1.29 is 32.6 Å². The average Bonchev–Trinajstić information content (AvgIpc) is 2.95. The summed E-state index contributed by atoms with van der Waals surface area (Å²) in [6, 6.07) is 10.4. The summed E-state index contributed by atoms with van der Waals surface area (Å²) in [7, 11) is 4.32. The van der Waals surface area contributed by atoms with Crippen LogP contribution in [-0.4, -0.2) is 79.8 Å². The standard InChI is InChI=1S/C30H39ClF3N3O4/c1-20(2)36(4)27(38)25-12-11-23(19-26(25)31)37-16-13-21(14-17-37)8-7-15-35(3)28(39)29(40,30(32,33)34)22-9-6-10-24(18-22)41-5/h6,9-12,18-21,40H,7-8,13-17H2,1-5H3/t29-/m1/s1. The highest BCUT2D eigenvalue weighted by molar-refractivity contribution is 6.34. The van der Waals surface area contributed by atoms with E-state index in [1.165, 1.54) is 26.3 Å². The molecule has 0 radical (unpaired) electrons. The molecule has 41 heavy (non-hydrogen) atoms. The van der Waals surface area contributed by atoms with Crippen LogP contribution in [0.4, 0.5) is 18.9 Å². The Hall–Kier alpha value is -2.98. The third kappa shape index (κ3) is 7.27. The predicted octanol–water partition coefficient (Wildman–Crippen LogP) is 5.73. The number of hydrogen-bond donors (Lipinski definition) is 1. The Morgan fingerprint density at radius 1 is 1.12 bits per heavy atom. The summed E-state index contributed by atoms with van der Waals surface area (Å²) in [6.45, 7) is 5.50. The van der Waals surface area contributed by atoms with E-state index < -0.39 is 23.2 Å². The van der Waals surface area contributed by atoms with Gasteiger partial charge in [0.15, 0.2) is 0 Å². The van der Waals surface area contributed by atoms with E-state index in [1.807, 2.05) is 26.0 Å². The van der Waals surface area contributed by atoms with E-state index in [-0.39, 0.29) is 24.2 Å². The zero-order valence-electron chi connectivity index (χ0n) is 24.2. The van der Waals surface area contributed by atoms with Crippen molar-refractivity contribution in [2.45, 2.75) is 57.3 Å². The second-order valence-electron chi connectivity index (χ2n) is 10.9. The van der Waals surface area contributed by atoms with E-state index in [0.29, 0.717) is 22.9 Å². The Bertz CT molecular complexity index is 1220. The highest BCUT2D eigenvalue weighted by Crippen LogP contribution is 2.41. The van der Waals surface area contributed by atoms with Gasteiger partial charge in [0.2, 0.25) is 0 Å². The second-order valence-corrected chi connectivity index (χ2v) is 11.3. The second kappa shape index (κ2) is 13.3. The molecule has 2 amide bonds. The van der Waals surface area contributed by atoms with Gasteiger partial charge in [-0.25, -0.2) is 0 Å². The van der Waals surface area contributed by atoms with Crippen molar-refractivity contribution >= 4 is 29.1 Å². The lowest BCUT2D eigenvalue weighted by Gasteiger charge is -2.35. The van der Waals surface area contributed by atoms with Crippen LogP contribution in [0, 0.1) is 5.92 Å². The summed E-state index contributed by atoms with van der Waals surface area (Å²) in [5, 5.41) is 11.1. The van der Waals surface area contributed by atoms with Crippen molar-refractivity contribution in [2.75, 3.05) is 45.7 Å². The number of carbonyl (C=O) groups is 2. The summed E-state index contributed by atoms with van der Waals surface area (Å²) in [5.41, 5.74) is -2.86. The Balaban J connectivity index is 1.55. The van der Waals surface area contributed by atoms with Gasteiger partial charge in [0.1, 0.15) is 5.75 Å². The minimum absolute atomic E-state index is 0.0546. The first-order chi connectivity index (χ1) is 19.2. The van der Waals surface area contributed by atoms with Gasteiger partial charge in [-0.1, -0.05) is 23.7 Å². The first-order valence-electron chi connectivity index (χ1n) is 13.7. The van der Waals surface area contributed by atoms with Gasteiger partial charge in [-0.15, -0.1) is 0 Å². The third-order valence-electron chi connectivity index (χ3n) is 7.92. The number of carbonyl (C=O) groups excluding carboxylic acids is 2. The number of amides is 2. The van der Waals surface area contributed by atoms with Gasteiger partial charge in [0, 0.05) is 51.0 Å². The van der Waals surface area contributed by atoms with Crippen molar-refractivity contribution in [3.05, 3.63) is 58.6 Å². The summed E-state index contributed by atoms with van der Waals surface area (Å²) in [4.78, 5) is 30.4. The number of rotatable bonds is 10. The van der Waals surface area contributed by atoms with Gasteiger partial charge in [0.25, 0.3) is 17.4 Å². The molecule has 0 aromatic heterocycles. The lowest BCUT2D eigenvalue weighted by Crippen LogP contribution is -2.55. The molecule has 0 aliphatic carbocycles. The highest BCUT2D eigenvalue weighted by Gasteiger charge is 2.61. The van der Waals surface area contributed by atoms with Crippen LogP contribution < -0.4 is 9.64 Å². The lowest BCUT2D eigenvalue weighted by atomic mass is 9.90. The molecular weight excluding hydrogens is 559 g/mol. The molecule has 7 nitrogen and oxygen atoms in total. The van der Waals surface area contributed by atoms with Crippen LogP contribution in [-0.2, 0) is 10.4 Å². The quantitative estimate of drug-likeness (QED) is 0.378. The fraction of sp³-hybridized carbons (Fsp3) is 0.533. The predicted molar refractivity (Wildman–Crippen MR) is 153 cm³/mol. The van der Waals surface area contributed by atoms with Crippen LogP contribution in [0.1, 0.15) is 55.5 Å². The van der Waals surface area contributed by atoms with Crippen LogP contribution in [0.3, 0.4) is 0 Å². The molecule has 1 heterocycles. The fourth-order valence-electron chi connectivity index (χ4n) is 5.03. The van der Waals surface area contributed by atoms with E-state index in [4.69, 9.17) is 16.3 Å². The number of hydrogen-bond acceptors (Lipinski definition) is 5. The maximum Gasteiger partial charge on any atom is 0.430 e. The summed E-state index contributed by atoms with van der Waals surface area (Å²) < 4.78 is 47.0.